The van der Waals surface area contributed by atoms with E-state index in [4.69, 9.17) is 27.9 Å². The first kappa shape index (κ1) is 23.9. The summed E-state index contributed by atoms with van der Waals surface area (Å²) in [6.45, 7) is 5.58. The molecule has 1 aliphatic heterocycles. The van der Waals surface area contributed by atoms with Gasteiger partial charge in [0.05, 0.1) is 18.7 Å². The third-order valence-corrected chi connectivity index (χ3v) is 6.36. The highest BCUT2D eigenvalue weighted by atomic mass is 35.5. The molecule has 3 aromatic rings. The summed E-state index contributed by atoms with van der Waals surface area (Å²) < 4.78 is 5.37. The van der Waals surface area contributed by atoms with Gasteiger partial charge in [-0.2, -0.15) is 0 Å². The highest BCUT2D eigenvalue weighted by molar-refractivity contribution is 6.52. The molecule has 7 heteroatoms. The Hall–Kier alpha value is -3.28. The Morgan fingerprint density at radius 1 is 0.941 bits per heavy atom. The fourth-order valence-electron chi connectivity index (χ4n) is 4.34. The van der Waals surface area contributed by atoms with E-state index in [0.717, 1.165) is 11.1 Å². The van der Waals surface area contributed by atoms with Gasteiger partial charge in [0.2, 0.25) is 0 Å². The Morgan fingerprint density at radius 2 is 1.62 bits per heavy atom. The van der Waals surface area contributed by atoms with Gasteiger partial charge in [-0.25, -0.2) is 0 Å². The van der Waals surface area contributed by atoms with Gasteiger partial charge in [-0.1, -0.05) is 53.0 Å². The minimum atomic E-state index is -0.865. The van der Waals surface area contributed by atoms with Gasteiger partial charge in [0.1, 0.15) is 11.5 Å². The number of ether oxygens (including phenoxy) is 1. The normalized spacial score (nSPS) is 17.4. The molecule has 174 valence electrons. The predicted molar refractivity (Wildman–Crippen MR) is 135 cm³/mol. The predicted octanol–water partition coefficient (Wildman–Crippen LogP) is 6.55. The van der Waals surface area contributed by atoms with Crippen LogP contribution in [-0.4, -0.2) is 23.9 Å². The topological polar surface area (TPSA) is 66.8 Å². The molecule has 3 aromatic carbocycles. The standard InChI is InChI=1S/C27H23Cl2NO4/c1-14-6-5-7-17(8-14)24-23(25(31)21-9-16(3)22(34-4)10-15(21)2)26(32)27(33)30(24)20-12-18(28)11-19(29)13-20/h5-13,24,31H,1-4H3/b25-23+. The van der Waals surface area contributed by atoms with Crippen LogP contribution in [0, 0.1) is 20.8 Å². The van der Waals surface area contributed by atoms with Crippen molar-refractivity contribution in [3.63, 3.8) is 0 Å². The maximum absolute atomic E-state index is 13.4. The Labute approximate surface area is 208 Å². The zero-order valence-electron chi connectivity index (χ0n) is 19.1. The summed E-state index contributed by atoms with van der Waals surface area (Å²) in [6, 6.07) is 14.8. The number of hydrogen-bond donors (Lipinski definition) is 1. The molecule has 1 unspecified atom stereocenters. The molecule has 1 fully saturated rings. The van der Waals surface area contributed by atoms with E-state index in [-0.39, 0.29) is 11.3 Å². The van der Waals surface area contributed by atoms with Crippen LogP contribution in [0.15, 0.2) is 60.2 Å². The second-order valence-electron chi connectivity index (χ2n) is 8.35. The molecule has 1 aliphatic rings. The fraction of sp³-hybridized carbons (Fsp3) is 0.185. The van der Waals surface area contributed by atoms with Crippen LogP contribution in [-0.2, 0) is 9.59 Å². The van der Waals surface area contributed by atoms with E-state index in [2.05, 4.69) is 0 Å². The van der Waals surface area contributed by atoms with Crippen molar-refractivity contribution in [1.29, 1.82) is 0 Å². The molecule has 1 atom stereocenters. The van der Waals surface area contributed by atoms with E-state index in [1.54, 1.807) is 37.4 Å². The number of aliphatic hydroxyl groups excluding tert-OH is 1. The monoisotopic (exact) mass is 495 g/mol. The minimum Gasteiger partial charge on any atom is -0.507 e. The Bertz CT molecular complexity index is 1340. The average Bonchev–Trinajstić information content (AvgIpc) is 3.04. The quantitative estimate of drug-likeness (QED) is 0.253. The largest absolute Gasteiger partial charge is 0.507 e. The molecule has 4 rings (SSSR count). The van der Waals surface area contributed by atoms with Crippen LogP contribution in [0.1, 0.15) is 33.9 Å². The first-order valence-electron chi connectivity index (χ1n) is 10.6. The maximum Gasteiger partial charge on any atom is 0.300 e. The van der Waals surface area contributed by atoms with Crippen molar-refractivity contribution >= 4 is 46.3 Å². The second kappa shape index (κ2) is 9.16. The van der Waals surface area contributed by atoms with Gasteiger partial charge in [0, 0.05) is 21.3 Å². The molecule has 0 bridgehead atoms. The van der Waals surface area contributed by atoms with Crippen LogP contribution in [0.3, 0.4) is 0 Å². The smallest absolute Gasteiger partial charge is 0.300 e. The third kappa shape index (κ3) is 4.17. The molecule has 0 aromatic heterocycles. The summed E-state index contributed by atoms with van der Waals surface area (Å²) in [5.41, 5.74) is 3.95. The lowest BCUT2D eigenvalue weighted by molar-refractivity contribution is -0.132. The number of carbonyl (C=O) groups excluding carboxylic acids is 2. The van der Waals surface area contributed by atoms with E-state index in [1.807, 2.05) is 45.0 Å². The summed E-state index contributed by atoms with van der Waals surface area (Å²) in [5, 5.41) is 12.1. The van der Waals surface area contributed by atoms with Crippen LogP contribution in [0.25, 0.3) is 5.76 Å². The van der Waals surface area contributed by atoms with Crippen molar-refractivity contribution < 1.29 is 19.4 Å². The van der Waals surface area contributed by atoms with E-state index in [9.17, 15) is 14.7 Å². The highest BCUT2D eigenvalue weighted by Gasteiger charge is 2.47. The fourth-order valence-corrected chi connectivity index (χ4v) is 4.86. The molecule has 0 saturated carbocycles. The molecule has 0 radical (unpaired) electrons. The van der Waals surface area contributed by atoms with Gasteiger partial charge in [0.25, 0.3) is 11.7 Å². The molecule has 0 aliphatic carbocycles. The van der Waals surface area contributed by atoms with Crippen molar-refractivity contribution in [1.82, 2.24) is 0 Å². The summed E-state index contributed by atoms with van der Waals surface area (Å²) in [7, 11) is 1.57. The van der Waals surface area contributed by atoms with E-state index < -0.39 is 17.7 Å². The van der Waals surface area contributed by atoms with Crippen molar-refractivity contribution in [2.45, 2.75) is 26.8 Å². The van der Waals surface area contributed by atoms with Crippen molar-refractivity contribution in [3.8, 4) is 5.75 Å². The van der Waals surface area contributed by atoms with Crippen LogP contribution in [0.2, 0.25) is 10.0 Å². The number of nitrogens with zero attached hydrogens (tertiary/aromatic N) is 1. The van der Waals surface area contributed by atoms with E-state index >= 15 is 0 Å². The summed E-state index contributed by atoms with van der Waals surface area (Å²) >= 11 is 12.4. The van der Waals surface area contributed by atoms with Gasteiger partial charge in [0.15, 0.2) is 0 Å². The number of benzene rings is 3. The first-order valence-corrected chi connectivity index (χ1v) is 11.4. The number of amides is 1. The maximum atomic E-state index is 13.4. The molecule has 0 spiro atoms. The van der Waals surface area contributed by atoms with Crippen LogP contribution < -0.4 is 9.64 Å². The van der Waals surface area contributed by atoms with Gasteiger partial charge >= 0.3 is 0 Å². The number of aryl methyl sites for hydroxylation is 3. The Morgan fingerprint density at radius 3 is 2.24 bits per heavy atom. The SMILES string of the molecule is COc1cc(C)c(/C(O)=C2\C(=O)C(=O)N(c3cc(Cl)cc(Cl)c3)C2c2cccc(C)c2)cc1C. The lowest BCUT2D eigenvalue weighted by Gasteiger charge is -2.26. The highest BCUT2D eigenvalue weighted by Crippen LogP contribution is 2.44. The minimum absolute atomic E-state index is 0.000588. The molecular weight excluding hydrogens is 473 g/mol. The summed E-state index contributed by atoms with van der Waals surface area (Å²) in [4.78, 5) is 28.0. The van der Waals surface area contributed by atoms with E-state index in [1.165, 1.54) is 4.90 Å². The number of Topliss-reactive ketones (excluding diaryl/α,β-unsaturated/α-hetero) is 1. The van der Waals surface area contributed by atoms with Crippen molar-refractivity contribution in [3.05, 3.63) is 98.0 Å². The lowest BCUT2D eigenvalue weighted by atomic mass is 9.92. The molecule has 1 amide bonds. The van der Waals surface area contributed by atoms with Crippen LogP contribution in [0.4, 0.5) is 5.69 Å². The number of anilines is 1. The second-order valence-corrected chi connectivity index (χ2v) is 9.22. The third-order valence-electron chi connectivity index (χ3n) is 5.92. The Balaban J connectivity index is 2.00. The number of ketones is 1. The van der Waals surface area contributed by atoms with Crippen LogP contribution in [0.5, 0.6) is 5.75 Å². The van der Waals surface area contributed by atoms with Crippen molar-refractivity contribution in [2.75, 3.05) is 12.0 Å². The molecule has 1 saturated heterocycles. The number of hydrogen-bond acceptors (Lipinski definition) is 4. The summed E-state index contributed by atoms with van der Waals surface area (Å²) in [6.07, 6.45) is 0. The number of aliphatic hydroxyl groups is 1. The van der Waals surface area contributed by atoms with Gasteiger partial charge in [-0.15, -0.1) is 0 Å². The zero-order valence-corrected chi connectivity index (χ0v) is 20.7. The number of carbonyl (C=O) groups is 2. The molecule has 34 heavy (non-hydrogen) atoms. The number of methoxy groups -OCH3 is 1. The summed E-state index contributed by atoms with van der Waals surface area (Å²) in [5.74, 6) is -1.13. The van der Waals surface area contributed by atoms with Gasteiger partial charge in [-0.3, -0.25) is 14.5 Å². The zero-order chi connectivity index (χ0) is 24.7. The van der Waals surface area contributed by atoms with Crippen molar-refractivity contribution in [2.24, 2.45) is 0 Å². The van der Waals surface area contributed by atoms with Gasteiger partial charge < -0.3 is 9.84 Å². The molecule has 1 N–H and O–H groups in total. The van der Waals surface area contributed by atoms with Gasteiger partial charge in [-0.05, 0) is 67.8 Å². The molecule has 5 nitrogen and oxygen atoms in total. The molecule has 1 heterocycles. The lowest BCUT2D eigenvalue weighted by Crippen LogP contribution is -2.29. The number of rotatable bonds is 4. The first-order chi connectivity index (χ1) is 16.1. The average molecular weight is 496 g/mol. The van der Waals surface area contributed by atoms with Crippen LogP contribution >= 0.6 is 23.2 Å². The molecular formula is C27H23Cl2NO4. The Kier molecular flexibility index (Phi) is 6.43. The number of halogens is 2. The van der Waals surface area contributed by atoms with E-state index in [0.29, 0.717) is 38.2 Å².